The predicted octanol–water partition coefficient (Wildman–Crippen LogP) is 8.80. The molecule has 0 heterocycles. The number of rotatable bonds is 23. The maximum Gasteiger partial charge on any atom is 0.0854 e. The van der Waals surface area contributed by atoms with E-state index in [0.717, 1.165) is 12.8 Å². The van der Waals surface area contributed by atoms with Gasteiger partial charge in [0.2, 0.25) is 0 Å². The van der Waals surface area contributed by atoms with Gasteiger partial charge in [0.1, 0.15) is 0 Å². The van der Waals surface area contributed by atoms with Crippen molar-refractivity contribution in [2.75, 3.05) is 6.61 Å². The molecule has 0 saturated heterocycles. The van der Waals surface area contributed by atoms with E-state index in [1.165, 1.54) is 109 Å². The molecule has 0 atom stereocenters. The van der Waals surface area contributed by atoms with Gasteiger partial charge in [0.05, 0.1) is 6.61 Å². The molecule has 0 radical (unpaired) electrons. The molecular weight excluding hydrogens is 352 g/mol. The second-order valence-electron chi connectivity index (χ2n) is 8.71. The quantitative estimate of drug-likeness (QED) is 0.105. The van der Waals surface area contributed by atoms with Crippen molar-refractivity contribution in [2.24, 2.45) is 5.41 Å². The van der Waals surface area contributed by atoms with Crippen LogP contribution in [0.2, 0.25) is 0 Å². The van der Waals surface area contributed by atoms with Gasteiger partial charge in [-0.1, -0.05) is 111 Å². The molecular formula is C24H50O4. The predicted molar refractivity (Wildman–Crippen MR) is 118 cm³/mol. The van der Waals surface area contributed by atoms with Crippen LogP contribution < -0.4 is 0 Å². The molecule has 0 amide bonds. The highest BCUT2D eigenvalue weighted by Crippen LogP contribution is 2.41. The molecule has 0 spiro atoms. The van der Waals surface area contributed by atoms with E-state index in [-0.39, 0.29) is 0 Å². The van der Waals surface area contributed by atoms with Crippen molar-refractivity contribution in [3.63, 3.8) is 0 Å². The molecule has 0 bridgehead atoms. The van der Waals surface area contributed by atoms with Crippen molar-refractivity contribution >= 4 is 0 Å². The summed E-state index contributed by atoms with van der Waals surface area (Å²) in [6, 6.07) is 0. The van der Waals surface area contributed by atoms with Crippen LogP contribution in [0.4, 0.5) is 0 Å². The van der Waals surface area contributed by atoms with Crippen LogP contribution in [0.15, 0.2) is 0 Å². The minimum absolute atomic E-state index is 0.469. The lowest BCUT2D eigenvalue weighted by Crippen LogP contribution is -2.21. The molecule has 4 heteroatoms. The Hall–Kier alpha value is -0.160. The van der Waals surface area contributed by atoms with Crippen molar-refractivity contribution in [3.05, 3.63) is 0 Å². The Morgan fingerprint density at radius 2 is 0.929 bits per heavy atom. The third-order valence-corrected chi connectivity index (χ3v) is 6.20. The fraction of sp³-hybridized carbons (Fsp3) is 1.00. The highest BCUT2D eigenvalue weighted by Gasteiger charge is 2.27. The van der Waals surface area contributed by atoms with Crippen LogP contribution in [-0.2, 0) is 15.0 Å². The molecule has 0 saturated carbocycles. The maximum atomic E-state index is 7.94. The molecule has 0 aliphatic rings. The molecule has 0 aromatic carbocycles. The van der Waals surface area contributed by atoms with E-state index < -0.39 is 0 Å². The first-order valence-electron chi connectivity index (χ1n) is 12.3. The lowest BCUT2D eigenvalue weighted by atomic mass is 9.71. The van der Waals surface area contributed by atoms with Crippen molar-refractivity contribution in [1.29, 1.82) is 0 Å². The Morgan fingerprint density at radius 3 is 1.36 bits per heavy atom. The fourth-order valence-electron chi connectivity index (χ4n) is 4.36. The Labute approximate surface area is 175 Å². The van der Waals surface area contributed by atoms with E-state index in [2.05, 4.69) is 35.7 Å². The molecule has 0 aliphatic heterocycles. The second kappa shape index (κ2) is 21.5. The summed E-state index contributed by atoms with van der Waals surface area (Å²) in [6.07, 6.45) is 25.7. The zero-order valence-corrected chi connectivity index (χ0v) is 19.3. The van der Waals surface area contributed by atoms with E-state index in [1.54, 1.807) is 0 Å². The van der Waals surface area contributed by atoms with Crippen LogP contribution in [-0.4, -0.2) is 11.9 Å². The monoisotopic (exact) mass is 402 g/mol. The summed E-state index contributed by atoms with van der Waals surface area (Å²) >= 11 is 0. The summed E-state index contributed by atoms with van der Waals surface area (Å²) in [5.74, 6) is 0. The van der Waals surface area contributed by atoms with Gasteiger partial charge in [-0.2, -0.15) is 0 Å². The Morgan fingerprint density at radius 1 is 0.536 bits per heavy atom. The topological polar surface area (TPSA) is 47.9 Å². The van der Waals surface area contributed by atoms with Gasteiger partial charge >= 0.3 is 0 Å². The molecule has 0 rings (SSSR count). The lowest BCUT2D eigenvalue weighted by molar-refractivity contribution is -0.623. The fourth-order valence-corrected chi connectivity index (χ4v) is 4.36. The number of unbranched alkanes of at least 4 members (excludes halogenated alkanes) is 11. The van der Waals surface area contributed by atoms with Crippen LogP contribution in [0.1, 0.15) is 143 Å². The van der Waals surface area contributed by atoms with Crippen molar-refractivity contribution in [1.82, 2.24) is 0 Å². The summed E-state index contributed by atoms with van der Waals surface area (Å²) in [5.41, 5.74) is 0.648. The zero-order chi connectivity index (χ0) is 20.8. The summed E-state index contributed by atoms with van der Waals surface area (Å²) in [7, 11) is 0. The zero-order valence-electron chi connectivity index (χ0n) is 19.3. The normalized spacial score (nSPS) is 12.0. The lowest BCUT2D eigenvalue weighted by Gasteiger charge is -2.35. The highest BCUT2D eigenvalue weighted by molar-refractivity contribution is 4.79. The third-order valence-electron chi connectivity index (χ3n) is 6.20. The van der Waals surface area contributed by atoms with Crippen LogP contribution in [0, 0.1) is 5.41 Å². The molecule has 170 valence electrons. The van der Waals surface area contributed by atoms with Gasteiger partial charge in [0, 0.05) is 0 Å². The van der Waals surface area contributed by atoms with Crippen LogP contribution in [0.3, 0.4) is 0 Å². The first kappa shape index (κ1) is 27.8. The summed E-state index contributed by atoms with van der Waals surface area (Å²) in [6.45, 7) is 7.49. The van der Waals surface area contributed by atoms with Crippen LogP contribution >= 0.6 is 0 Å². The minimum atomic E-state index is 0.469. The van der Waals surface area contributed by atoms with Crippen LogP contribution in [0.25, 0.3) is 0 Å². The second-order valence-corrected chi connectivity index (χ2v) is 8.71. The average Bonchev–Trinajstić information content (AvgIpc) is 2.72. The first-order chi connectivity index (χ1) is 13.7. The van der Waals surface area contributed by atoms with E-state index in [9.17, 15) is 0 Å². The summed E-state index contributed by atoms with van der Waals surface area (Å²) in [4.78, 5) is 4.58. The molecule has 0 aromatic heterocycles. The summed E-state index contributed by atoms with van der Waals surface area (Å²) < 4.78 is 0. The number of hydrogen-bond donors (Lipinski definition) is 1. The Balaban J connectivity index is 3.84. The van der Waals surface area contributed by atoms with E-state index >= 15 is 0 Å². The smallest absolute Gasteiger partial charge is 0.0854 e. The van der Waals surface area contributed by atoms with E-state index in [0.29, 0.717) is 12.0 Å². The first-order valence-corrected chi connectivity index (χ1v) is 12.3. The molecule has 0 aliphatic carbocycles. The number of hydrogen-bond acceptors (Lipinski definition) is 4. The maximum absolute atomic E-state index is 7.94. The SMILES string of the molecule is CCCCC(CCCC)(CCCC)CCCCCCCCCCCOOOO. The molecule has 4 nitrogen and oxygen atoms in total. The van der Waals surface area contributed by atoms with Gasteiger partial charge in [0.15, 0.2) is 0 Å². The van der Waals surface area contributed by atoms with Crippen molar-refractivity contribution < 1.29 is 20.2 Å². The van der Waals surface area contributed by atoms with Crippen molar-refractivity contribution in [3.8, 4) is 0 Å². The van der Waals surface area contributed by atoms with E-state index in [4.69, 9.17) is 5.26 Å². The molecule has 28 heavy (non-hydrogen) atoms. The third kappa shape index (κ3) is 16.8. The van der Waals surface area contributed by atoms with Crippen molar-refractivity contribution in [2.45, 2.75) is 143 Å². The molecule has 0 unspecified atom stereocenters. The minimum Gasteiger partial charge on any atom is -0.219 e. The summed E-state index contributed by atoms with van der Waals surface area (Å²) in [5, 5.41) is 15.3. The van der Waals surface area contributed by atoms with E-state index in [1.807, 2.05) is 0 Å². The van der Waals surface area contributed by atoms with Gasteiger partial charge in [-0.25, -0.2) is 10.1 Å². The largest absolute Gasteiger partial charge is 0.219 e. The van der Waals surface area contributed by atoms with Gasteiger partial charge in [-0.3, -0.25) is 0 Å². The standard InChI is InChI=1S/C24H50O4/c1-4-7-19-24(20-8-5-2,21-9-6-3)22-17-15-13-11-10-12-14-16-18-23-26-28-27-25/h25H,4-23H2,1-3H3. The average molecular weight is 403 g/mol. The van der Waals surface area contributed by atoms with Crippen LogP contribution in [0.5, 0.6) is 0 Å². The van der Waals surface area contributed by atoms with Gasteiger partial charge in [0.25, 0.3) is 0 Å². The highest BCUT2D eigenvalue weighted by atomic mass is 17.6. The Bertz CT molecular complexity index is 275. The Kier molecular flexibility index (Phi) is 21.4. The van der Waals surface area contributed by atoms with Gasteiger partial charge in [-0.05, 0) is 47.6 Å². The molecule has 0 fully saturated rings. The molecule has 1 N–H and O–H groups in total. The van der Waals surface area contributed by atoms with Gasteiger partial charge in [-0.15, -0.1) is 0 Å². The molecule has 0 aromatic rings. The van der Waals surface area contributed by atoms with Gasteiger partial charge < -0.3 is 0 Å².